The van der Waals surface area contributed by atoms with Crippen molar-refractivity contribution < 1.29 is 9.53 Å². The number of benzene rings is 2. The number of carbonyl (C=O) groups is 1. The maximum Gasteiger partial charge on any atom is 0.291 e. The van der Waals surface area contributed by atoms with Gasteiger partial charge in [0.05, 0.1) is 11.0 Å². The maximum atomic E-state index is 13.6. The summed E-state index contributed by atoms with van der Waals surface area (Å²) in [5.74, 6) is -0.108. The summed E-state index contributed by atoms with van der Waals surface area (Å²) in [6.07, 6.45) is 2.00. The van der Waals surface area contributed by atoms with Gasteiger partial charge in [0.15, 0.2) is 5.49 Å². The molecule has 3 heterocycles. The Labute approximate surface area is 194 Å². The minimum atomic E-state index is -0.569. The fourth-order valence-corrected chi connectivity index (χ4v) is 5.03. The average Bonchev–Trinajstić information content (AvgIpc) is 3.25. The topological polar surface area (TPSA) is 115 Å². The first-order valence-electron chi connectivity index (χ1n) is 11.0. The first-order chi connectivity index (χ1) is 15.9. The number of hydrogen-bond acceptors (Lipinski definition) is 5. The van der Waals surface area contributed by atoms with Gasteiger partial charge in [-0.05, 0) is 61.6 Å². The summed E-state index contributed by atoms with van der Waals surface area (Å²) in [5, 5.41) is 17.8. The Morgan fingerprint density at radius 2 is 2.00 bits per heavy atom. The predicted molar refractivity (Wildman–Crippen MR) is 127 cm³/mol. The molecule has 0 aliphatic carbocycles. The van der Waals surface area contributed by atoms with Crippen LogP contribution in [-0.2, 0) is 11.2 Å². The van der Waals surface area contributed by atoms with E-state index in [2.05, 4.69) is 4.98 Å². The Bertz CT molecular complexity index is 1420. The highest BCUT2D eigenvalue weighted by Gasteiger charge is 2.29. The number of anilines is 1. The van der Waals surface area contributed by atoms with Crippen molar-refractivity contribution in [2.24, 2.45) is 5.92 Å². The Kier molecular flexibility index (Phi) is 5.42. The summed E-state index contributed by atoms with van der Waals surface area (Å²) in [6.45, 7) is 3.44. The molecule has 3 N–H and O–H groups in total. The molecule has 8 nitrogen and oxygen atoms in total. The lowest BCUT2D eigenvalue weighted by molar-refractivity contribution is 0.0819. The molecule has 2 aliphatic rings. The number of hydrogen-bond donors (Lipinski definition) is 3. The van der Waals surface area contributed by atoms with Crippen LogP contribution in [0.25, 0.3) is 11.0 Å². The van der Waals surface area contributed by atoms with Gasteiger partial charge in [-0.15, -0.1) is 0 Å². The fourth-order valence-electron chi connectivity index (χ4n) is 4.77. The minimum absolute atomic E-state index is 0.120. The van der Waals surface area contributed by atoms with E-state index in [1.807, 2.05) is 25.1 Å². The molecule has 1 aromatic heterocycles. The number of amides is 1. The number of H-pyrrole nitrogens is 1. The maximum absolute atomic E-state index is 13.6. The van der Waals surface area contributed by atoms with E-state index in [9.17, 15) is 9.59 Å². The highest BCUT2D eigenvalue weighted by atomic mass is 35.5. The molecule has 170 valence electrons. The molecule has 2 aromatic carbocycles. The molecule has 33 heavy (non-hydrogen) atoms. The zero-order chi connectivity index (χ0) is 23.3. The van der Waals surface area contributed by atoms with Crippen LogP contribution in [0.1, 0.15) is 34.3 Å². The van der Waals surface area contributed by atoms with Gasteiger partial charge >= 0.3 is 0 Å². The molecule has 1 saturated heterocycles. The van der Waals surface area contributed by atoms with Gasteiger partial charge in [-0.25, -0.2) is 0 Å². The molecule has 5 rings (SSSR count). The van der Waals surface area contributed by atoms with E-state index in [0.717, 1.165) is 11.3 Å². The molecule has 0 unspecified atom stereocenters. The second-order valence-electron chi connectivity index (χ2n) is 8.54. The third kappa shape index (κ3) is 3.59. The summed E-state index contributed by atoms with van der Waals surface area (Å²) in [6, 6.07) is 8.99. The minimum Gasteiger partial charge on any atom is -0.381 e. The van der Waals surface area contributed by atoms with Crippen molar-refractivity contribution in [3.8, 4) is 0 Å². The number of nitrogens with zero attached hydrogens (tertiary/aromatic N) is 2. The van der Waals surface area contributed by atoms with Gasteiger partial charge in [0, 0.05) is 41.9 Å². The molecular weight excluding hydrogens is 442 g/mol. The van der Waals surface area contributed by atoms with Crippen LogP contribution in [0.2, 0.25) is 5.02 Å². The van der Waals surface area contributed by atoms with Gasteiger partial charge in [-0.2, -0.15) is 0 Å². The standard InChI is InChI=1S/C24H24ClN5O3/c1-13-11-18-20(30(22(27)23(31)28-18)21(26)14-6-9-33-10-7-14)12-16(13)24(32)29-8-5-15-17(25)3-2-4-19(15)29/h2-4,11-12,14,26-27H,5-10H2,1H3,(H,28,31). The van der Waals surface area contributed by atoms with Gasteiger partial charge in [-0.1, -0.05) is 17.7 Å². The highest BCUT2D eigenvalue weighted by molar-refractivity contribution is 6.32. The van der Waals surface area contributed by atoms with E-state index < -0.39 is 5.56 Å². The van der Waals surface area contributed by atoms with Gasteiger partial charge in [0.25, 0.3) is 11.5 Å². The summed E-state index contributed by atoms with van der Waals surface area (Å²) in [4.78, 5) is 30.5. The molecule has 3 aromatic rings. The molecule has 0 radical (unpaired) electrons. The number of halogens is 1. The van der Waals surface area contributed by atoms with Crippen LogP contribution >= 0.6 is 11.6 Å². The van der Waals surface area contributed by atoms with Crippen molar-refractivity contribution in [1.29, 1.82) is 10.8 Å². The zero-order valence-electron chi connectivity index (χ0n) is 18.2. The van der Waals surface area contributed by atoms with Crippen LogP contribution in [0.4, 0.5) is 5.69 Å². The highest BCUT2D eigenvalue weighted by Crippen LogP contribution is 2.35. The number of rotatable bonds is 2. The molecule has 1 amide bonds. The van der Waals surface area contributed by atoms with Crippen molar-refractivity contribution in [2.75, 3.05) is 24.7 Å². The van der Waals surface area contributed by atoms with Crippen LogP contribution in [0, 0.1) is 23.7 Å². The number of aromatic amines is 1. The lowest BCUT2D eigenvalue weighted by atomic mass is 9.98. The summed E-state index contributed by atoms with van der Waals surface area (Å²) >= 11 is 6.33. The van der Waals surface area contributed by atoms with Gasteiger partial charge in [0.1, 0.15) is 5.84 Å². The molecule has 9 heteroatoms. The van der Waals surface area contributed by atoms with Gasteiger partial charge in [0.2, 0.25) is 0 Å². The normalized spacial score (nSPS) is 16.2. The SMILES string of the molecule is Cc1cc2[nH]c(=O)c(=N)n(C(=N)C3CCOCC3)c2cc1C(=O)N1CCc2c(Cl)cccc21. The van der Waals surface area contributed by atoms with Gasteiger partial charge < -0.3 is 14.6 Å². The summed E-state index contributed by atoms with van der Waals surface area (Å²) < 4.78 is 6.78. The average molecular weight is 466 g/mol. The van der Waals surface area contributed by atoms with Crippen molar-refractivity contribution >= 4 is 40.1 Å². The van der Waals surface area contributed by atoms with E-state index in [4.69, 9.17) is 27.2 Å². The van der Waals surface area contributed by atoms with E-state index in [-0.39, 0.29) is 23.1 Å². The van der Waals surface area contributed by atoms with Crippen LogP contribution in [0.15, 0.2) is 35.1 Å². The van der Waals surface area contributed by atoms with Crippen LogP contribution in [-0.4, -0.2) is 41.1 Å². The van der Waals surface area contributed by atoms with Crippen LogP contribution in [0.3, 0.4) is 0 Å². The molecule has 1 fully saturated rings. The number of carbonyl (C=O) groups excluding carboxylic acids is 1. The zero-order valence-corrected chi connectivity index (χ0v) is 19.0. The van der Waals surface area contributed by atoms with E-state index in [1.165, 1.54) is 4.57 Å². The lowest BCUT2D eigenvalue weighted by Gasteiger charge is -2.25. The molecule has 0 bridgehead atoms. The number of aryl methyl sites for hydroxylation is 1. The molecule has 0 spiro atoms. The molecule has 0 saturated carbocycles. The molecule has 2 aliphatic heterocycles. The predicted octanol–water partition coefficient (Wildman–Crippen LogP) is 3.23. The Morgan fingerprint density at radius 1 is 1.24 bits per heavy atom. The second kappa shape index (κ2) is 8.28. The number of fused-ring (bicyclic) bond motifs is 2. The second-order valence-corrected chi connectivity index (χ2v) is 8.95. The van der Waals surface area contributed by atoms with Crippen molar-refractivity contribution in [1.82, 2.24) is 9.55 Å². The smallest absolute Gasteiger partial charge is 0.291 e. The lowest BCUT2D eigenvalue weighted by Crippen LogP contribution is -2.43. The first-order valence-corrected chi connectivity index (χ1v) is 11.3. The summed E-state index contributed by atoms with van der Waals surface area (Å²) in [7, 11) is 0. The fraction of sp³-hybridized carbons (Fsp3) is 0.333. The quantitative estimate of drug-likeness (QED) is 0.398. The van der Waals surface area contributed by atoms with E-state index in [1.54, 1.807) is 17.0 Å². The first kappa shape index (κ1) is 21.6. The van der Waals surface area contributed by atoms with Crippen LogP contribution in [0.5, 0.6) is 0 Å². The number of aromatic nitrogens is 2. The number of nitrogens with one attached hydrogen (secondary N) is 3. The number of ether oxygens (including phenoxy) is 1. The summed E-state index contributed by atoms with van der Waals surface area (Å²) in [5.41, 5.74) is 3.01. The van der Waals surface area contributed by atoms with Crippen molar-refractivity contribution in [3.05, 3.63) is 67.9 Å². The molecule has 0 atom stereocenters. The third-order valence-electron chi connectivity index (χ3n) is 6.57. The monoisotopic (exact) mass is 465 g/mol. The van der Waals surface area contributed by atoms with Crippen molar-refractivity contribution in [2.45, 2.75) is 26.2 Å². The van der Waals surface area contributed by atoms with Crippen molar-refractivity contribution in [3.63, 3.8) is 0 Å². The van der Waals surface area contributed by atoms with Crippen LogP contribution < -0.4 is 15.9 Å². The third-order valence-corrected chi connectivity index (χ3v) is 6.92. The molecular formula is C24H24ClN5O3. The largest absolute Gasteiger partial charge is 0.381 e. The Balaban J connectivity index is 1.64. The Morgan fingerprint density at radius 3 is 2.76 bits per heavy atom. The van der Waals surface area contributed by atoms with Gasteiger partial charge in [-0.3, -0.25) is 25.0 Å². The van der Waals surface area contributed by atoms with E-state index >= 15 is 0 Å². The Hall–Kier alpha value is -3.23. The van der Waals surface area contributed by atoms with E-state index in [0.29, 0.717) is 66.2 Å².